The summed E-state index contributed by atoms with van der Waals surface area (Å²) in [5, 5.41) is 7.33. The molecule has 156 valence electrons. The van der Waals surface area contributed by atoms with E-state index in [2.05, 4.69) is 15.6 Å². The quantitative estimate of drug-likeness (QED) is 0.592. The van der Waals surface area contributed by atoms with Crippen LogP contribution in [0.15, 0.2) is 41.8 Å². The van der Waals surface area contributed by atoms with Gasteiger partial charge in [-0.1, -0.05) is 6.07 Å². The number of rotatable bonds is 7. The summed E-state index contributed by atoms with van der Waals surface area (Å²) in [5.74, 6) is 0.730. The van der Waals surface area contributed by atoms with E-state index in [-0.39, 0.29) is 5.69 Å². The Morgan fingerprint density at radius 3 is 2.23 bits per heavy atom. The molecule has 1 aromatic heterocycles. The summed E-state index contributed by atoms with van der Waals surface area (Å²) in [7, 11) is 4.54. The number of methoxy groups -OCH3 is 3. The number of anilines is 2. The molecule has 2 amide bonds. The molecular formula is C21H21N3O5S. The Bertz CT molecular complexity index is 1060. The van der Waals surface area contributed by atoms with Crippen molar-refractivity contribution in [1.29, 1.82) is 0 Å². The SMILES string of the molecule is COc1cc(OC)cc(C(=O)Nc2nc(C(=O)Nc3cc(C)ccc3OC)cs2)c1. The van der Waals surface area contributed by atoms with Crippen molar-refractivity contribution in [2.75, 3.05) is 32.0 Å². The highest BCUT2D eigenvalue weighted by molar-refractivity contribution is 7.14. The van der Waals surface area contributed by atoms with Crippen molar-refractivity contribution in [2.45, 2.75) is 6.92 Å². The van der Waals surface area contributed by atoms with Crippen molar-refractivity contribution < 1.29 is 23.8 Å². The van der Waals surface area contributed by atoms with E-state index in [1.807, 2.05) is 19.1 Å². The third-order valence-electron chi connectivity index (χ3n) is 4.17. The maximum absolute atomic E-state index is 12.6. The van der Waals surface area contributed by atoms with Gasteiger partial charge in [-0.3, -0.25) is 14.9 Å². The molecule has 0 saturated carbocycles. The first-order valence-corrected chi connectivity index (χ1v) is 9.77. The van der Waals surface area contributed by atoms with Gasteiger partial charge in [0.2, 0.25) is 0 Å². The van der Waals surface area contributed by atoms with Gasteiger partial charge in [-0.15, -0.1) is 11.3 Å². The highest BCUT2D eigenvalue weighted by Gasteiger charge is 2.16. The number of thiazole rings is 1. The van der Waals surface area contributed by atoms with E-state index < -0.39 is 11.8 Å². The normalized spacial score (nSPS) is 10.3. The van der Waals surface area contributed by atoms with Crippen molar-refractivity contribution in [3.8, 4) is 17.2 Å². The van der Waals surface area contributed by atoms with Gasteiger partial charge in [0, 0.05) is 17.0 Å². The predicted molar refractivity (Wildman–Crippen MR) is 115 cm³/mol. The number of benzene rings is 2. The molecule has 0 spiro atoms. The van der Waals surface area contributed by atoms with E-state index >= 15 is 0 Å². The Balaban J connectivity index is 1.73. The molecule has 0 aliphatic carbocycles. The zero-order valence-corrected chi connectivity index (χ0v) is 17.8. The first kappa shape index (κ1) is 21.1. The largest absolute Gasteiger partial charge is 0.497 e. The second-order valence-electron chi connectivity index (χ2n) is 6.25. The zero-order chi connectivity index (χ0) is 21.7. The van der Waals surface area contributed by atoms with Crippen molar-refractivity contribution >= 4 is 34.0 Å². The van der Waals surface area contributed by atoms with E-state index in [1.165, 1.54) is 21.3 Å². The van der Waals surface area contributed by atoms with Crippen LogP contribution in [0.1, 0.15) is 26.4 Å². The predicted octanol–water partition coefficient (Wildman–Crippen LogP) is 3.98. The lowest BCUT2D eigenvalue weighted by molar-refractivity contribution is 0.101. The molecule has 1 heterocycles. The zero-order valence-electron chi connectivity index (χ0n) is 16.9. The highest BCUT2D eigenvalue weighted by Crippen LogP contribution is 2.27. The minimum Gasteiger partial charge on any atom is -0.497 e. The number of ether oxygens (including phenoxy) is 3. The average Bonchev–Trinajstić information content (AvgIpc) is 3.22. The van der Waals surface area contributed by atoms with Crippen LogP contribution in [0.3, 0.4) is 0 Å². The maximum atomic E-state index is 12.6. The fourth-order valence-corrected chi connectivity index (χ4v) is 3.33. The number of aromatic nitrogens is 1. The molecule has 0 bridgehead atoms. The van der Waals surface area contributed by atoms with Crippen LogP contribution in [0, 0.1) is 6.92 Å². The molecule has 0 aliphatic rings. The molecule has 0 aliphatic heterocycles. The van der Waals surface area contributed by atoms with E-state index in [1.54, 1.807) is 29.6 Å². The van der Waals surface area contributed by atoms with Crippen LogP contribution >= 0.6 is 11.3 Å². The molecule has 2 aromatic carbocycles. The number of amides is 2. The van der Waals surface area contributed by atoms with E-state index in [4.69, 9.17) is 14.2 Å². The smallest absolute Gasteiger partial charge is 0.275 e. The standard InChI is InChI=1S/C21H21N3O5S/c1-12-5-6-18(29-4)16(7-12)22-20(26)17-11-30-21(23-17)24-19(25)13-8-14(27-2)10-15(9-13)28-3/h5-11H,1-4H3,(H,22,26)(H,23,24,25). The molecule has 0 radical (unpaired) electrons. The number of nitrogens with one attached hydrogen (secondary N) is 2. The fourth-order valence-electron chi connectivity index (χ4n) is 2.65. The second-order valence-corrected chi connectivity index (χ2v) is 7.11. The topological polar surface area (TPSA) is 98.8 Å². The number of carbonyl (C=O) groups excluding carboxylic acids is 2. The van der Waals surface area contributed by atoms with Gasteiger partial charge in [0.05, 0.1) is 27.0 Å². The van der Waals surface area contributed by atoms with Crippen molar-refractivity contribution in [3.05, 3.63) is 58.6 Å². The van der Waals surface area contributed by atoms with Crippen LogP contribution in [0.5, 0.6) is 17.2 Å². The van der Waals surface area contributed by atoms with Crippen molar-refractivity contribution in [1.82, 2.24) is 4.98 Å². The number of aryl methyl sites for hydroxylation is 1. The second kappa shape index (κ2) is 9.27. The molecule has 3 aromatic rings. The average molecular weight is 427 g/mol. The van der Waals surface area contributed by atoms with Crippen LogP contribution in [-0.4, -0.2) is 38.1 Å². The summed E-state index contributed by atoms with van der Waals surface area (Å²) >= 11 is 1.15. The van der Waals surface area contributed by atoms with Crippen molar-refractivity contribution in [3.63, 3.8) is 0 Å². The summed E-state index contributed by atoms with van der Waals surface area (Å²) < 4.78 is 15.6. The Morgan fingerprint density at radius 1 is 0.900 bits per heavy atom. The van der Waals surface area contributed by atoms with Crippen LogP contribution in [0.2, 0.25) is 0 Å². The lowest BCUT2D eigenvalue weighted by Crippen LogP contribution is -2.15. The molecule has 0 fully saturated rings. The molecule has 0 unspecified atom stereocenters. The summed E-state index contributed by atoms with van der Waals surface area (Å²) in [4.78, 5) is 29.3. The monoisotopic (exact) mass is 427 g/mol. The van der Waals surface area contributed by atoms with Crippen LogP contribution in [-0.2, 0) is 0 Å². The number of nitrogens with zero attached hydrogens (tertiary/aromatic N) is 1. The van der Waals surface area contributed by atoms with Gasteiger partial charge in [-0.25, -0.2) is 4.98 Å². The first-order valence-electron chi connectivity index (χ1n) is 8.89. The molecule has 9 heteroatoms. The summed E-state index contributed by atoms with van der Waals surface area (Å²) in [6.45, 7) is 1.92. The molecule has 8 nitrogen and oxygen atoms in total. The first-order chi connectivity index (χ1) is 14.4. The van der Waals surface area contributed by atoms with Gasteiger partial charge in [0.15, 0.2) is 5.13 Å². The summed E-state index contributed by atoms with van der Waals surface area (Å²) in [5.41, 5.74) is 2.05. The summed E-state index contributed by atoms with van der Waals surface area (Å²) in [6.07, 6.45) is 0. The van der Waals surface area contributed by atoms with Crippen molar-refractivity contribution in [2.24, 2.45) is 0 Å². The van der Waals surface area contributed by atoms with Crippen LogP contribution in [0.4, 0.5) is 10.8 Å². The number of hydrogen-bond donors (Lipinski definition) is 2. The molecule has 3 rings (SSSR count). The summed E-state index contributed by atoms with van der Waals surface area (Å²) in [6, 6.07) is 10.3. The Labute approximate surface area is 177 Å². The lowest BCUT2D eigenvalue weighted by atomic mass is 10.2. The number of carbonyl (C=O) groups is 2. The van der Waals surface area contributed by atoms with Crippen LogP contribution in [0.25, 0.3) is 0 Å². The van der Waals surface area contributed by atoms with Gasteiger partial charge >= 0.3 is 0 Å². The van der Waals surface area contributed by atoms with Gasteiger partial charge in [0.1, 0.15) is 22.9 Å². The Hall–Kier alpha value is -3.59. The van der Waals surface area contributed by atoms with E-state index in [0.29, 0.717) is 33.6 Å². The lowest BCUT2D eigenvalue weighted by Gasteiger charge is -2.10. The molecular weight excluding hydrogens is 406 g/mol. The molecule has 30 heavy (non-hydrogen) atoms. The van der Waals surface area contributed by atoms with Crippen LogP contribution < -0.4 is 24.8 Å². The molecule has 2 N–H and O–H groups in total. The third kappa shape index (κ3) is 4.87. The Morgan fingerprint density at radius 2 is 1.60 bits per heavy atom. The minimum absolute atomic E-state index is 0.182. The third-order valence-corrected chi connectivity index (χ3v) is 4.93. The van der Waals surface area contributed by atoms with E-state index in [0.717, 1.165) is 16.9 Å². The maximum Gasteiger partial charge on any atom is 0.275 e. The molecule has 0 atom stereocenters. The van der Waals surface area contributed by atoms with E-state index in [9.17, 15) is 9.59 Å². The van der Waals surface area contributed by atoms with Gasteiger partial charge in [-0.2, -0.15) is 0 Å². The Kier molecular flexibility index (Phi) is 6.53. The fraction of sp³-hybridized carbons (Fsp3) is 0.190. The van der Waals surface area contributed by atoms with Gasteiger partial charge < -0.3 is 19.5 Å². The van der Waals surface area contributed by atoms with Gasteiger partial charge in [-0.05, 0) is 36.8 Å². The highest BCUT2D eigenvalue weighted by atomic mass is 32.1. The minimum atomic E-state index is -0.404. The number of hydrogen-bond acceptors (Lipinski definition) is 7. The molecule has 0 saturated heterocycles. The van der Waals surface area contributed by atoms with Gasteiger partial charge in [0.25, 0.3) is 11.8 Å².